The zero-order valence-corrected chi connectivity index (χ0v) is 10.1. The van der Waals surface area contributed by atoms with Gasteiger partial charge in [0.2, 0.25) is 5.91 Å². The van der Waals surface area contributed by atoms with Crippen molar-refractivity contribution in [3.05, 3.63) is 29.3 Å². The third-order valence-electron chi connectivity index (χ3n) is 3.21. The van der Waals surface area contributed by atoms with Gasteiger partial charge in [-0.05, 0) is 12.5 Å². The minimum Gasteiger partial charge on any atom is -0.321 e. The molecule has 19 heavy (non-hydrogen) atoms. The molecule has 1 fully saturated rings. The Morgan fingerprint density at radius 1 is 1.21 bits per heavy atom. The van der Waals surface area contributed by atoms with Gasteiger partial charge in [-0.25, -0.2) is 17.6 Å². The third-order valence-corrected chi connectivity index (χ3v) is 3.21. The van der Waals surface area contributed by atoms with Crippen molar-refractivity contribution in [1.82, 2.24) is 5.32 Å². The quantitative estimate of drug-likeness (QED) is 0.641. The Balaban J connectivity index is 2.26. The maximum Gasteiger partial charge on any atom is 0.229 e. The van der Waals surface area contributed by atoms with Crippen molar-refractivity contribution in [2.75, 3.05) is 18.4 Å². The molecule has 2 N–H and O–H groups in total. The predicted molar refractivity (Wildman–Crippen MR) is 60.4 cm³/mol. The molecule has 1 aromatic carbocycles. The van der Waals surface area contributed by atoms with Gasteiger partial charge in [-0.1, -0.05) is 6.92 Å². The van der Waals surface area contributed by atoms with Gasteiger partial charge in [0, 0.05) is 12.6 Å². The van der Waals surface area contributed by atoms with E-state index in [2.05, 4.69) is 5.32 Å². The van der Waals surface area contributed by atoms with Crippen molar-refractivity contribution in [2.45, 2.75) is 6.92 Å². The van der Waals surface area contributed by atoms with Crippen molar-refractivity contribution in [1.29, 1.82) is 0 Å². The van der Waals surface area contributed by atoms with Gasteiger partial charge in [0.05, 0.1) is 5.92 Å². The third kappa shape index (κ3) is 2.56. The van der Waals surface area contributed by atoms with Gasteiger partial charge in [-0.3, -0.25) is 4.79 Å². The molecule has 1 aromatic rings. The molecule has 0 unspecified atom stereocenters. The molecule has 0 radical (unpaired) electrons. The number of carbonyl (C=O) groups is 1. The number of benzene rings is 1. The first-order valence-corrected chi connectivity index (χ1v) is 5.76. The molecule has 3 nitrogen and oxygen atoms in total. The van der Waals surface area contributed by atoms with E-state index in [1.54, 1.807) is 6.92 Å². The molecule has 0 aliphatic carbocycles. The molecule has 1 aliphatic rings. The molecule has 1 amide bonds. The zero-order chi connectivity index (χ0) is 14.2. The van der Waals surface area contributed by atoms with E-state index in [4.69, 9.17) is 0 Å². The van der Waals surface area contributed by atoms with E-state index >= 15 is 0 Å². The van der Waals surface area contributed by atoms with E-state index in [0.29, 0.717) is 13.1 Å². The van der Waals surface area contributed by atoms with Crippen LogP contribution in [0.25, 0.3) is 0 Å². The van der Waals surface area contributed by atoms with E-state index in [-0.39, 0.29) is 12.0 Å². The average molecular weight is 276 g/mol. The summed E-state index contributed by atoms with van der Waals surface area (Å²) in [6.07, 6.45) is 0. The number of nitrogens with one attached hydrogen (secondary N) is 2. The molecule has 2 rings (SSSR count). The van der Waals surface area contributed by atoms with Crippen molar-refractivity contribution in [3.63, 3.8) is 0 Å². The Bertz CT molecular complexity index is 495. The minimum atomic E-state index is -1.61. The molecule has 0 bridgehead atoms. The molecule has 1 aliphatic heterocycles. The highest BCUT2D eigenvalue weighted by Crippen LogP contribution is 2.26. The van der Waals surface area contributed by atoms with E-state index in [0.717, 1.165) is 0 Å². The van der Waals surface area contributed by atoms with Crippen LogP contribution in [0.5, 0.6) is 0 Å². The summed E-state index contributed by atoms with van der Waals surface area (Å²) in [5.74, 6) is -7.50. The van der Waals surface area contributed by atoms with Crippen LogP contribution in [0, 0.1) is 35.1 Å². The summed E-state index contributed by atoms with van der Waals surface area (Å²) in [5, 5.41) is 4.87. The lowest BCUT2D eigenvalue weighted by Gasteiger charge is -2.15. The van der Waals surface area contributed by atoms with Gasteiger partial charge in [0.1, 0.15) is 5.69 Å². The number of carbonyl (C=O) groups excluding carboxylic acids is 1. The summed E-state index contributed by atoms with van der Waals surface area (Å²) >= 11 is 0. The Kier molecular flexibility index (Phi) is 3.75. The fourth-order valence-corrected chi connectivity index (χ4v) is 2.06. The largest absolute Gasteiger partial charge is 0.321 e. The number of halogens is 4. The van der Waals surface area contributed by atoms with Crippen molar-refractivity contribution in [3.8, 4) is 0 Å². The van der Waals surface area contributed by atoms with Gasteiger partial charge in [0.25, 0.3) is 0 Å². The van der Waals surface area contributed by atoms with Crippen LogP contribution >= 0.6 is 0 Å². The molecule has 0 spiro atoms. The Labute approximate surface area is 107 Å². The molecular formula is C12H12F4N2O. The van der Waals surface area contributed by atoms with Crippen LogP contribution in [0.1, 0.15) is 6.92 Å². The summed E-state index contributed by atoms with van der Waals surface area (Å²) < 4.78 is 52.7. The van der Waals surface area contributed by atoms with Gasteiger partial charge in [-0.2, -0.15) is 0 Å². The number of hydrogen-bond acceptors (Lipinski definition) is 2. The fraction of sp³-hybridized carbons (Fsp3) is 0.417. The second-order valence-corrected chi connectivity index (χ2v) is 4.57. The molecule has 0 saturated carbocycles. The lowest BCUT2D eigenvalue weighted by molar-refractivity contribution is -0.120. The van der Waals surface area contributed by atoms with Crippen LogP contribution in [-0.2, 0) is 4.79 Å². The number of amides is 1. The maximum absolute atomic E-state index is 13.4. The monoisotopic (exact) mass is 276 g/mol. The van der Waals surface area contributed by atoms with E-state index in [1.807, 2.05) is 5.32 Å². The first-order valence-electron chi connectivity index (χ1n) is 5.76. The van der Waals surface area contributed by atoms with E-state index in [9.17, 15) is 22.4 Å². The van der Waals surface area contributed by atoms with Crippen molar-refractivity contribution >= 4 is 11.6 Å². The second kappa shape index (κ2) is 5.16. The Hall–Kier alpha value is -1.63. The summed E-state index contributed by atoms with van der Waals surface area (Å²) in [4.78, 5) is 11.8. The molecule has 104 valence electrons. The van der Waals surface area contributed by atoms with Crippen LogP contribution in [0.2, 0.25) is 0 Å². The number of anilines is 1. The Morgan fingerprint density at radius 3 is 2.26 bits per heavy atom. The first-order chi connectivity index (χ1) is 8.91. The van der Waals surface area contributed by atoms with Crippen molar-refractivity contribution in [2.24, 2.45) is 11.8 Å². The average Bonchev–Trinajstić information content (AvgIpc) is 2.78. The van der Waals surface area contributed by atoms with Crippen LogP contribution in [0.3, 0.4) is 0 Å². The van der Waals surface area contributed by atoms with E-state index in [1.165, 1.54) is 0 Å². The van der Waals surface area contributed by atoms with E-state index < -0.39 is 40.8 Å². The summed E-state index contributed by atoms with van der Waals surface area (Å²) in [7, 11) is 0. The highest BCUT2D eigenvalue weighted by Gasteiger charge is 2.31. The van der Waals surface area contributed by atoms with Gasteiger partial charge >= 0.3 is 0 Å². The predicted octanol–water partition coefficient (Wildman–Crippen LogP) is 2.04. The highest BCUT2D eigenvalue weighted by atomic mass is 19.2. The molecule has 1 saturated heterocycles. The normalized spacial score (nSPS) is 22.6. The number of rotatable bonds is 2. The lowest BCUT2D eigenvalue weighted by Crippen LogP contribution is -2.29. The van der Waals surface area contributed by atoms with Gasteiger partial charge < -0.3 is 10.6 Å². The molecule has 7 heteroatoms. The minimum absolute atomic E-state index is 0.0236. The van der Waals surface area contributed by atoms with Crippen molar-refractivity contribution < 1.29 is 22.4 Å². The lowest BCUT2D eigenvalue weighted by atomic mass is 9.97. The second-order valence-electron chi connectivity index (χ2n) is 4.57. The molecule has 0 aromatic heterocycles. The zero-order valence-electron chi connectivity index (χ0n) is 10.1. The summed E-state index contributed by atoms with van der Waals surface area (Å²) in [6.45, 7) is 2.75. The van der Waals surface area contributed by atoms with Crippen LogP contribution in [-0.4, -0.2) is 19.0 Å². The first kappa shape index (κ1) is 13.8. The molecular weight excluding hydrogens is 264 g/mol. The van der Waals surface area contributed by atoms with Crippen LogP contribution in [0.15, 0.2) is 6.07 Å². The topological polar surface area (TPSA) is 41.1 Å². The maximum atomic E-state index is 13.4. The standard InChI is InChI=1S/C12H12F4N2O/c1-5-3-17-4-6(5)12(19)18-11-9(15)7(13)2-8(14)10(11)16/h2,5-6,17H,3-4H2,1H3,(H,18,19)/t5-,6-/m1/s1. The molecule has 2 atom stereocenters. The smallest absolute Gasteiger partial charge is 0.229 e. The SMILES string of the molecule is C[C@@H]1CNC[C@H]1C(=O)Nc1c(F)c(F)cc(F)c1F. The van der Waals surface area contributed by atoms with Crippen LogP contribution < -0.4 is 10.6 Å². The van der Waals surface area contributed by atoms with Gasteiger partial charge in [0.15, 0.2) is 23.3 Å². The fourth-order valence-electron chi connectivity index (χ4n) is 2.06. The summed E-state index contributed by atoms with van der Waals surface area (Å²) in [6, 6.07) is 0.0973. The highest BCUT2D eigenvalue weighted by molar-refractivity contribution is 5.93. The van der Waals surface area contributed by atoms with Crippen LogP contribution in [0.4, 0.5) is 23.2 Å². The number of hydrogen-bond donors (Lipinski definition) is 2. The summed E-state index contributed by atoms with van der Waals surface area (Å²) in [5.41, 5.74) is -1.08. The Morgan fingerprint density at radius 2 is 1.79 bits per heavy atom. The van der Waals surface area contributed by atoms with Gasteiger partial charge in [-0.15, -0.1) is 0 Å². The molecule has 1 heterocycles.